The van der Waals surface area contributed by atoms with Gasteiger partial charge in [-0.15, -0.1) is 0 Å². The number of hydrogen-bond acceptors (Lipinski definition) is 3. The number of fused-ring (bicyclic) bond motifs is 2. The lowest BCUT2D eigenvalue weighted by Gasteiger charge is -2.31. The van der Waals surface area contributed by atoms with Crippen LogP contribution in [0.4, 0.5) is 0 Å². The van der Waals surface area contributed by atoms with Gasteiger partial charge in [0.15, 0.2) is 5.78 Å². The fourth-order valence-electron chi connectivity index (χ4n) is 2.70. The lowest BCUT2D eigenvalue weighted by Crippen LogP contribution is -2.43. The Balaban J connectivity index is 2.38. The number of ketones is 1. The number of allylic oxidation sites excluding steroid dienone is 2. The Morgan fingerprint density at radius 2 is 2.33 bits per heavy atom. The van der Waals surface area contributed by atoms with Gasteiger partial charge in [-0.25, -0.2) is 0 Å². The lowest BCUT2D eigenvalue weighted by atomic mass is 9.70. The predicted molar refractivity (Wildman–Crippen MR) is 55.2 cm³/mol. The zero-order chi connectivity index (χ0) is 10.9. The van der Waals surface area contributed by atoms with Crippen LogP contribution in [0.25, 0.3) is 0 Å². The van der Waals surface area contributed by atoms with Gasteiger partial charge < -0.3 is 4.74 Å². The summed E-state index contributed by atoms with van der Waals surface area (Å²) in [5, 5.41) is 0. The molecule has 2 unspecified atom stereocenters. The van der Waals surface area contributed by atoms with Crippen LogP contribution < -0.4 is 0 Å². The quantitative estimate of drug-likeness (QED) is 0.375. The topological polar surface area (TPSA) is 43.4 Å². The summed E-state index contributed by atoms with van der Waals surface area (Å²) in [6, 6.07) is 0. The molecule has 0 spiro atoms. The van der Waals surface area contributed by atoms with E-state index in [-0.39, 0.29) is 17.7 Å². The van der Waals surface area contributed by atoms with Gasteiger partial charge >= 0.3 is 5.97 Å². The third kappa shape index (κ3) is 1.50. The fraction of sp³-hybridized carbons (Fsp3) is 0.667. The van der Waals surface area contributed by atoms with Crippen molar-refractivity contribution >= 4 is 11.8 Å². The number of rotatable bonds is 1. The normalized spacial score (nSPS) is 34.7. The maximum Gasteiger partial charge on any atom is 0.319 e. The second kappa shape index (κ2) is 3.80. The van der Waals surface area contributed by atoms with Crippen molar-refractivity contribution in [3.8, 4) is 0 Å². The van der Waals surface area contributed by atoms with Crippen LogP contribution in [0, 0.1) is 11.3 Å². The Labute approximate surface area is 89.5 Å². The van der Waals surface area contributed by atoms with E-state index in [1.54, 1.807) is 0 Å². The SMILES string of the molecule is COC(=O)C12CC=CC(CCCC1)C2=O. The molecule has 2 rings (SSSR count). The van der Waals surface area contributed by atoms with Crippen LogP contribution in [-0.2, 0) is 14.3 Å². The zero-order valence-corrected chi connectivity index (χ0v) is 8.99. The van der Waals surface area contributed by atoms with Gasteiger partial charge in [-0.05, 0) is 19.3 Å². The molecule has 2 bridgehead atoms. The molecular formula is C12H16O3. The number of ether oxygens (including phenoxy) is 1. The molecule has 0 heterocycles. The smallest absolute Gasteiger partial charge is 0.319 e. The van der Waals surface area contributed by atoms with Crippen molar-refractivity contribution < 1.29 is 14.3 Å². The van der Waals surface area contributed by atoms with Crippen LogP contribution in [0.1, 0.15) is 32.1 Å². The van der Waals surface area contributed by atoms with Crippen LogP contribution in [0.5, 0.6) is 0 Å². The summed E-state index contributed by atoms with van der Waals surface area (Å²) in [6.07, 6.45) is 7.95. The lowest BCUT2D eigenvalue weighted by molar-refractivity contribution is -0.159. The van der Waals surface area contributed by atoms with Crippen molar-refractivity contribution in [1.29, 1.82) is 0 Å². The van der Waals surface area contributed by atoms with E-state index in [1.807, 2.05) is 12.2 Å². The summed E-state index contributed by atoms with van der Waals surface area (Å²) in [5.74, 6) is -0.321. The monoisotopic (exact) mass is 208 g/mol. The maximum atomic E-state index is 12.2. The number of methoxy groups -OCH3 is 1. The molecule has 0 aromatic carbocycles. The zero-order valence-electron chi connectivity index (χ0n) is 8.99. The van der Waals surface area contributed by atoms with E-state index >= 15 is 0 Å². The third-order valence-electron chi connectivity index (χ3n) is 3.59. The highest BCUT2D eigenvalue weighted by atomic mass is 16.5. The second-order valence-corrected chi connectivity index (χ2v) is 4.42. The Kier molecular flexibility index (Phi) is 2.63. The Bertz CT molecular complexity index is 319. The molecule has 3 heteroatoms. The van der Waals surface area contributed by atoms with Gasteiger partial charge in [0.1, 0.15) is 5.41 Å². The van der Waals surface area contributed by atoms with Gasteiger partial charge in [0.05, 0.1) is 7.11 Å². The Hall–Kier alpha value is -1.12. The maximum absolute atomic E-state index is 12.2. The highest BCUT2D eigenvalue weighted by molar-refractivity contribution is 6.06. The van der Waals surface area contributed by atoms with E-state index in [4.69, 9.17) is 4.74 Å². The molecule has 82 valence electrons. The number of carbonyl (C=O) groups excluding carboxylic acids is 2. The van der Waals surface area contributed by atoms with Gasteiger partial charge in [0.2, 0.25) is 0 Å². The van der Waals surface area contributed by atoms with Gasteiger partial charge in [-0.2, -0.15) is 0 Å². The molecular weight excluding hydrogens is 192 g/mol. The van der Waals surface area contributed by atoms with Gasteiger partial charge in [0, 0.05) is 5.92 Å². The minimum Gasteiger partial charge on any atom is -0.468 e. The molecule has 0 N–H and O–H groups in total. The van der Waals surface area contributed by atoms with Gasteiger partial charge in [-0.3, -0.25) is 9.59 Å². The summed E-state index contributed by atoms with van der Waals surface area (Å²) < 4.78 is 4.80. The highest BCUT2D eigenvalue weighted by Gasteiger charge is 2.50. The van der Waals surface area contributed by atoms with Crippen LogP contribution in [0.3, 0.4) is 0 Å². The predicted octanol–water partition coefficient (Wildman–Crippen LogP) is 1.86. The summed E-state index contributed by atoms with van der Waals surface area (Å²) in [6.45, 7) is 0. The largest absolute Gasteiger partial charge is 0.468 e. The number of hydrogen-bond donors (Lipinski definition) is 0. The molecule has 1 saturated carbocycles. The Morgan fingerprint density at radius 1 is 1.53 bits per heavy atom. The van der Waals surface area contributed by atoms with E-state index in [0.717, 1.165) is 19.3 Å². The molecule has 0 radical (unpaired) electrons. The molecule has 2 aliphatic carbocycles. The summed E-state index contributed by atoms with van der Waals surface area (Å²) >= 11 is 0. The average molecular weight is 208 g/mol. The van der Waals surface area contributed by atoms with E-state index in [9.17, 15) is 9.59 Å². The summed E-state index contributed by atoms with van der Waals surface area (Å²) in [7, 11) is 1.36. The van der Waals surface area contributed by atoms with Crippen molar-refractivity contribution in [2.75, 3.05) is 7.11 Å². The summed E-state index contributed by atoms with van der Waals surface area (Å²) in [5.41, 5.74) is -0.856. The first-order chi connectivity index (χ1) is 7.20. The van der Waals surface area contributed by atoms with Crippen molar-refractivity contribution in [3.05, 3.63) is 12.2 Å². The molecule has 3 nitrogen and oxygen atoms in total. The molecule has 0 aliphatic heterocycles. The number of Topliss-reactive ketones (excluding diaryl/α,β-unsaturated/α-hetero) is 1. The van der Waals surface area contributed by atoms with Crippen molar-refractivity contribution in [3.63, 3.8) is 0 Å². The second-order valence-electron chi connectivity index (χ2n) is 4.42. The first kappa shape index (κ1) is 10.4. The molecule has 2 atom stereocenters. The number of esters is 1. The van der Waals surface area contributed by atoms with Crippen LogP contribution in [-0.4, -0.2) is 18.9 Å². The van der Waals surface area contributed by atoms with Gasteiger partial charge in [0.25, 0.3) is 0 Å². The van der Waals surface area contributed by atoms with Crippen molar-refractivity contribution in [2.45, 2.75) is 32.1 Å². The summed E-state index contributed by atoms with van der Waals surface area (Å²) in [4.78, 5) is 24.0. The average Bonchev–Trinajstić information content (AvgIpc) is 2.38. The van der Waals surface area contributed by atoms with Crippen LogP contribution in [0.15, 0.2) is 12.2 Å². The fourth-order valence-corrected chi connectivity index (χ4v) is 2.70. The minimum absolute atomic E-state index is 0.0552. The van der Waals surface area contributed by atoms with E-state index in [0.29, 0.717) is 12.8 Å². The molecule has 2 aliphatic rings. The third-order valence-corrected chi connectivity index (χ3v) is 3.59. The van der Waals surface area contributed by atoms with Crippen LogP contribution in [0.2, 0.25) is 0 Å². The van der Waals surface area contributed by atoms with E-state index < -0.39 is 5.41 Å². The molecule has 0 amide bonds. The number of carbonyl (C=O) groups is 2. The molecule has 0 saturated heterocycles. The van der Waals surface area contributed by atoms with Gasteiger partial charge in [-0.1, -0.05) is 25.0 Å². The minimum atomic E-state index is -0.856. The van der Waals surface area contributed by atoms with Crippen LogP contribution >= 0.6 is 0 Å². The molecule has 15 heavy (non-hydrogen) atoms. The van der Waals surface area contributed by atoms with E-state index in [1.165, 1.54) is 7.11 Å². The first-order valence-electron chi connectivity index (χ1n) is 5.50. The Morgan fingerprint density at radius 3 is 3.07 bits per heavy atom. The molecule has 0 aromatic rings. The van der Waals surface area contributed by atoms with Crippen molar-refractivity contribution in [2.24, 2.45) is 11.3 Å². The highest BCUT2D eigenvalue weighted by Crippen LogP contribution is 2.42. The standard InChI is InChI=1S/C12H16O3/c1-15-11(14)12-7-3-2-5-9(10(12)13)6-4-8-12/h4,6,9H,2-3,5,7-8H2,1H3. The van der Waals surface area contributed by atoms with E-state index in [2.05, 4.69) is 0 Å². The molecule has 0 aromatic heterocycles. The van der Waals surface area contributed by atoms with Crippen molar-refractivity contribution in [1.82, 2.24) is 0 Å². The first-order valence-corrected chi connectivity index (χ1v) is 5.50. The molecule has 1 fully saturated rings.